The maximum Gasteiger partial charge on any atom is 0.241 e. The predicted molar refractivity (Wildman–Crippen MR) is 97.6 cm³/mol. The zero-order valence-corrected chi connectivity index (χ0v) is 14.6. The second kappa shape index (κ2) is 7.63. The van der Waals surface area contributed by atoms with Gasteiger partial charge in [-0.05, 0) is 65.7 Å². The molecule has 2 aromatic carbocycles. The molecule has 2 heterocycles. The summed E-state index contributed by atoms with van der Waals surface area (Å²) in [4.78, 5) is 14.9. The van der Waals surface area contributed by atoms with Crippen molar-refractivity contribution in [1.82, 2.24) is 25.1 Å². The Hall–Kier alpha value is -3.13. The minimum absolute atomic E-state index is 0.0576. The SMILES string of the molecule is O=C(Nc1cccc(-n2cnnn2)c1)C1CCCN1Cc1cccc(F)c1. The number of nitrogens with zero attached hydrogens (tertiary/aromatic N) is 5. The van der Waals surface area contributed by atoms with Crippen LogP contribution in [0.4, 0.5) is 10.1 Å². The van der Waals surface area contributed by atoms with Gasteiger partial charge in [-0.1, -0.05) is 18.2 Å². The van der Waals surface area contributed by atoms with Crippen LogP contribution in [0.5, 0.6) is 0 Å². The number of carbonyl (C=O) groups is 1. The number of carbonyl (C=O) groups excluding carboxylic acids is 1. The average molecular weight is 366 g/mol. The molecule has 7 nitrogen and oxygen atoms in total. The van der Waals surface area contributed by atoms with Crippen molar-refractivity contribution >= 4 is 11.6 Å². The molecule has 1 atom stereocenters. The molecular formula is C19H19FN6O. The summed E-state index contributed by atoms with van der Waals surface area (Å²) in [6.07, 6.45) is 3.23. The van der Waals surface area contributed by atoms with Gasteiger partial charge in [-0.15, -0.1) is 5.10 Å². The molecule has 0 aliphatic carbocycles. The van der Waals surface area contributed by atoms with Crippen LogP contribution in [0.1, 0.15) is 18.4 Å². The van der Waals surface area contributed by atoms with Gasteiger partial charge < -0.3 is 5.32 Å². The average Bonchev–Trinajstić information content (AvgIpc) is 3.34. The summed E-state index contributed by atoms with van der Waals surface area (Å²) < 4.78 is 15.0. The van der Waals surface area contributed by atoms with E-state index in [0.717, 1.165) is 30.6 Å². The van der Waals surface area contributed by atoms with E-state index in [1.165, 1.54) is 23.1 Å². The van der Waals surface area contributed by atoms with E-state index < -0.39 is 0 Å². The molecule has 0 bridgehead atoms. The number of aromatic nitrogens is 4. The van der Waals surface area contributed by atoms with Crippen molar-refractivity contribution in [1.29, 1.82) is 0 Å². The van der Waals surface area contributed by atoms with Crippen LogP contribution in [-0.4, -0.2) is 43.6 Å². The molecular weight excluding hydrogens is 347 g/mol. The first-order chi connectivity index (χ1) is 13.2. The van der Waals surface area contributed by atoms with Crippen LogP contribution in [0.15, 0.2) is 54.9 Å². The molecule has 1 unspecified atom stereocenters. The van der Waals surface area contributed by atoms with Crippen LogP contribution < -0.4 is 5.32 Å². The molecule has 3 aromatic rings. The molecule has 1 aliphatic rings. The highest BCUT2D eigenvalue weighted by molar-refractivity contribution is 5.95. The van der Waals surface area contributed by atoms with Gasteiger partial charge in [0.05, 0.1) is 11.7 Å². The molecule has 1 fully saturated rings. The Kier molecular flexibility index (Phi) is 4.88. The number of amides is 1. The second-order valence-corrected chi connectivity index (χ2v) is 6.55. The Balaban J connectivity index is 1.45. The zero-order chi connectivity index (χ0) is 18.6. The number of tetrazole rings is 1. The summed E-state index contributed by atoms with van der Waals surface area (Å²) >= 11 is 0. The molecule has 1 N–H and O–H groups in total. The van der Waals surface area contributed by atoms with Gasteiger partial charge in [-0.25, -0.2) is 9.07 Å². The standard InChI is InChI=1S/C19H19FN6O/c20-15-5-1-4-14(10-15)12-25-9-3-8-18(25)19(27)22-16-6-2-7-17(11-16)26-13-21-23-24-26/h1-2,4-7,10-11,13,18H,3,8-9,12H2,(H,22,27). The van der Waals surface area contributed by atoms with Crippen LogP contribution in [0, 0.1) is 5.82 Å². The summed E-state index contributed by atoms with van der Waals surface area (Å²) in [5.41, 5.74) is 2.32. The monoisotopic (exact) mass is 366 g/mol. The summed E-state index contributed by atoms with van der Waals surface area (Å²) in [5, 5.41) is 14.1. The third-order valence-corrected chi connectivity index (χ3v) is 4.67. The van der Waals surface area contributed by atoms with Gasteiger partial charge in [0.25, 0.3) is 0 Å². The largest absolute Gasteiger partial charge is 0.325 e. The molecule has 1 aliphatic heterocycles. The van der Waals surface area contributed by atoms with E-state index in [2.05, 4.69) is 25.7 Å². The highest BCUT2D eigenvalue weighted by atomic mass is 19.1. The summed E-state index contributed by atoms with van der Waals surface area (Å²) in [6.45, 7) is 1.37. The van der Waals surface area contributed by atoms with E-state index in [1.807, 2.05) is 30.3 Å². The molecule has 4 rings (SSSR count). The lowest BCUT2D eigenvalue weighted by Crippen LogP contribution is -2.39. The number of benzene rings is 2. The molecule has 0 saturated carbocycles. The third-order valence-electron chi connectivity index (χ3n) is 4.67. The molecule has 1 amide bonds. The summed E-state index contributed by atoms with van der Waals surface area (Å²) in [6, 6.07) is 13.6. The van der Waals surface area contributed by atoms with Gasteiger partial charge in [0.1, 0.15) is 12.1 Å². The number of nitrogens with one attached hydrogen (secondary N) is 1. The maximum atomic E-state index is 13.4. The smallest absolute Gasteiger partial charge is 0.241 e. The Morgan fingerprint density at radius 3 is 2.93 bits per heavy atom. The van der Waals surface area contributed by atoms with Crippen molar-refractivity contribution < 1.29 is 9.18 Å². The van der Waals surface area contributed by atoms with Gasteiger partial charge in [-0.2, -0.15) is 0 Å². The number of hydrogen-bond acceptors (Lipinski definition) is 5. The Morgan fingerprint density at radius 2 is 2.11 bits per heavy atom. The van der Waals surface area contributed by atoms with Crippen molar-refractivity contribution in [3.63, 3.8) is 0 Å². The number of rotatable bonds is 5. The fourth-order valence-electron chi connectivity index (χ4n) is 3.41. The van der Waals surface area contributed by atoms with Crippen molar-refractivity contribution in [2.24, 2.45) is 0 Å². The first kappa shape index (κ1) is 17.3. The highest BCUT2D eigenvalue weighted by Crippen LogP contribution is 2.22. The van der Waals surface area contributed by atoms with Crippen LogP contribution in [0.2, 0.25) is 0 Å². The first-order valence-electron chi connectivity index (χ1n) is 8.82. The zero-order valence-electron chi connectivity index (χ0n) is 14.6. The van der Waals surface area contributed by atoms with E-state index in [4.69, 9.17) is 0 Å². The normalized spacial score (nSPS) is 17.1. The van der Waals surface area contributed by atoms with Crippen LogP contribution in [0.3, 0.4) is 0 Å². The molecule has 27 heavy (non-hydrogen) atoms. The topological polar surface area (TPSA) is 75.9 Å². The minimum Gasteiger partial charge on any atom is -0.325 e. The lowest BCUT2D eigenvalue weighted by Gasteiger charge is -2.23. The highest BCUT2D eigenvalue weighted by Gasteiger charge is 2.30. The number of likely N-dealkylation sites (tertiary alicyclic amines) is 1. The maximum absolute atomic E-state index is 13.4. The van der Waals surface area contributed by atoms with Crippen LogP contribution >= 0.6 is 0 Å². The van der Waals surface area contributed by atoms with E-state index in [1.54, 1.807) is 6.07 Å². The van der Waals surface area contributed by atoms with E-state index >= 15 is 0 Å². The predicted octanol–water partition coefficient (Wildman–Crippen LogP) is 2.40. The van der Waals surface area contributed by atoms with E-state index in [0.29, 0.717) is 12.2 Å². The number of halogens is 1. The molecule has 138 valence electrons. The van der Waals surface area contributed by atoms with E-state index in [9.17, 15) is 9.18 Å². The number of anilines is 1. The fraction of sp³-hybridized carbons (Fsp3) is 0.263. The lowest BCUT2D eigenvalue weighted by atomic mass is 10.1. The summed E-state index contributed by atoms with van der Waals surface area (Å²) in [7, 11) is 0. The lowest BCUT2D eigenvalue weighted by molar-refractivity contribution is -0.120. The quantitative estimate of drug-likeness (QED) is 0.750. The van der Waals surface area contributed by atoms with Crippen molar-refractivity contribution in [3.05, 3.63) is 66.2 Å². The summed E-state index contributed by atoms with van der Waals surface area (Å²) in [5.74, 6) is -0.315. The molecule has 8 heteroatoms. The number of hydrogen-bond donors (Lipinski definition) is 1. The van der Waals surface area contributed by atoms with Gasteiger partial charge in [-0.3, -0.25) is 9.69 Å². The van der Waals surface area contributed by atoms with E-state index in [-0.39, 0.29) is 17.8 Å². The van der Waals surface area contributed by atoms with Crippen LogP contribution in [-0.2, 0) is 11.3 Å². The molecule has 1 aromatic heterocycles. The third kappa shape index (κ3) is 4.01. The van der Waals surface area contributed by atoms with Gasteiger partial charge in [0, 0.05) is 12.2 Å². The van der Waals surface area contributed by atoms with Crippen LogP contribution in [0.25, 0.3) is 5.69 Å². The molecule has 0 radical (unpaired) electrons. The van der Waals surface area contributed by atoms with Crippen molar-refractivity contribution in [3.8, 4) is 5.69 Å². The fourth-order valence-corrected chi connectivity index (χ4v) is 3.41. The molecule has 1 saturated heterocycles. The van der Waals surface area contributed by atoms with Crippen molar-refractivity contribution in [2.75, 3.05) is 11.9 Å². The van der Waals surface area contributed by atoms with Gasteiger partial charge >= 0.3 is 0 Å². The Labute approximate surface area is 155 Å². The second-order valence-electron chi connectivity index (χ2n) is 6.55. The Morgan fingerprint density at radius 1 is 1.22 bits per heavy atom. The molecule has 0 spiro atoms. The van der Waals surface area contributed by atoms with Gasteiger partial charge in [0.15, 0.2) is 0 Å². The first-order valence-corrected chi connectivity index (χ1v) is 8.82. The van der Waals surface area contributed by atoms with Gasteiger partial charge in [0.2, 0.25) is 5.91 Å². The Bertz CT molecular complexity index is 929. The van der Waals surface area contributed by atoms with Crippen molar-refractivity contribution in [2.45, 2.75) is 25.4 Å². The minimum atomic E-state index is -0.257.